The van der Waals surface area contributed by atoms with Crippen molar-refractivity contribution in [1.29, 1.82) is 0 Å². The second-order valence-electron chi connectivity index (χ2n) is 13.8. The topological polar surface area (TPSA) is 36.9 Å². The van der Waals surface area contributed by atoms with Crippen LogP contribution in [0.15, 0.2) is 48.5 Å². The molecular weight excluding hydrogens is 886 g/mol. The van der Waals surface area contributed by atoms with E-state index in [0.29, 0.717) is 62.8 Å². The monoisotopic (exact) mass is 918 g/mol. The van der Waals surface area contributed by atoms with Gasteiger partial charge in [-0.15, -0.1) is 0 Å². The Labute approximate surface area is 340 Å². The molecule has 0 N–H and O–H groups in total. The molecule has 0 spiro atoms. The zero-order valence-electron chi connectivity index (χ0n) is 31.7. The fourth-order valence-electron chi connectivity index (χ4n) is 6.05. The molecule has 0 fully saturated rings. The van der Waals surface area contributed by atoms with E-state index in [-0.39, 0.29) is 43.4 Å². The Kier molecular flexibility index (Phi) is 15.9. The van der Waals surface area contributed by atoms with Crippen LogP contribution in [0, 0.1) is 52.5 Å². The summed E-state index contributed by atoms with van der Waals surface area (Å²) in [6.07, 6.45) is -16.0. The number of rotatable bonds is 20. The van der Waals surface area contributed by atoms with E-state index in [1.54, 1.807) is 0 Å². The van der Waals surface area contributed by atoms with Crippen LogP contribution in [0.2, 0.25) is 0 Å². The molecular formula is C40H32F18O4. The van der Waals surface area contributed by atoms with Crippen LogP contribution in [0.4, 0.5) is 79.0 Å². The van der Waals surface area contributed by atoms with Gasteiger partial charge in [0.25, 0.3) is 0 Å². The van der Waals surface area contributed by atoms with Crippen LogP contribution in [0.1, 0.15) is 80.5 Å². The summed E-state index contributed by atoms with van der Waals surface area (Å²) in [5.41, 5.74) is -8.75. The molecule has 22 heteroatoms. The predicted octanol–water partition coefficient (Wildman–Crippen LogP) is 14.3. The SMILES string of the molecule is CC(CCCCCOc1cc(F)c(C(F)(F)Oc2cc(F)c(C(F)(F)F)c(F)c2)c(F)c1)CCCCCOc1cc(F)c(C(F)(F)Oc2cc(F)c(C(F)(F)F)c(F)c2)c(F)c1. The lowest BCUT2D eigenvalue weighted by molar-refractivity contribution is -0.190. The number of benzene rings is 4. The summed E-state index contributed by atoms with van der Waals surface area (Å²) in [6.45, 7) is 1.80. The standard InChI is InChI=1S/C40H32F18O4/c1-20(8-4-2-6-10-59-21-12-29(45)35(30(46)13-21)39(55,56)61-23-16-25(41)33(26(42)17-23)37(49,50)51)9-5-3-7-11-60-22-14-31(47)36(32(48)15-22)40(57,58)62-24-18-27(43)34(28(44)19-24)38(52,53)54/h12-20H,2-11H2,1H3. The Morgan fingerprint density at radius 1 is 0.371 bits per heavy atom. The van der Waals surface area contributed by atoms with Gasteiger partial charge < -0.3 is 18.9 Å². The van der Waals surface area contributed by atoms with Gasteiger partial charge in [0, 0.05) is 48.5 Å². The van der Waals surface area contributed by atoms with E-state index in [4.69, 9.17) is 9.47 Å². The highest BCUT2D eigenvalue weighted by molar-refractivity contribution is 5.37. The van der Waals surface area contributed by atoms with Gasteiger partial charge in [0.1, 0.15) is 91.8 Å². The van der Waals surface area contributed by atoms with E-state index >= 15 is 0 Å². The fourth-order valence-corrected chi connectivity index (χ4v) is 6.05. The van der Waals surface area contributed by atoms with Crippen LogP contribution < -0.4 is 18.9 Å². The van der Waals surface area contributed by atoms with Crippen LogP contribution in [0.3, 0.4) is 0 Å². The first kappa shape index (κ1) is 49.5. The van der Waals surface area contributed by atoms with Crippen LogP contribution in [-0.4, -0.2) is 13.2 Å². The second-order valence-corrected chi connectivity index (χ2v) is 13.8. The van der Waals surface area contributed by atoms with Crippen molar-refractivity contribution < 1.29 is 98.0 Å². The highest BCUT2D eigenvalue weighted by Crippen LogP contribution is 2.42. The molecule has 0 bridgehead atoms. The molecule has 0 aliphatic heterocycles. The molecule has 0 saturated heterocycles. The summed E-state index contributed by atoms with van der Waals surface area (Å²) in [4.78, 5) is 0. The summed E-state index contributed by atoms with van der Waals surface area (Å²) < 4.78 is 267. The molecule has 4 rings (SSSR count). The van der Waals surface area contributed by atoms with E-state index in [2.05, 4.69) is 9.47 Å². The number of unbranched alkanes of at least 4 members (excludes halogenated alkanes) is 4. The largest absolute Gasteiger partial charge is 0.493 e. The van der Waals surface area contributed by atoms with E-state index in [9.17, 15) is 79.0 Å². The van der Waals surface area contributed by atoms with Crippen LogP contribution in [0.5, 0.6) is 23.0 Å². The Bertz CT molecular complexity index is 1930. The molecule has 0 aliphatic carbocycles. The predicted molar refractivity (Wildman–Crippen MR) is 182 cm³/mol. The van der Waals surface area contributed by atoms with Gasteiger partial charge in [0.15, 0.2) is 0 Å². The van der Waals surface area contributed by atoms with Gasteiger partial charge in [-0.2, -0.15) is 43.9 Å². The minimum absolute atomic E-state index is 0.0818. The summed E-state index contributed by atoms with van der Waals surface area (Å²) in [5, 5.41) is 0. The van der Waals surface area contributed by atoms with Crippen molar-refractivity contribution in [3.63, 3.8) is 0 Å². The van der Waals surface area contributed by atoms with Crippen molar-refractivity contribution in [3.8, 4) is 23.0 Å². The molecule has 62 heavy (non-hydrogen) atoms. The average Bonchev–Trinajstić information content (AvgIpc) is 3.08. The minimum Gasteiger partial charge on any atom is -0.493 e. The van der Waals surface area contributed by atoms with E-state index in [1.807, 2.05) is 6.92 Å². The van der Waals surface area contributed by atoms with Crippen molar-refractivity contribution in [1.82, 2.24) is 0 Å². The third kappa shape index (κ3) is 12.9. The summed E-state index contributed by atoms with van der Waals surface area (Å²) in [6, 6.07) is 0.721. The molecule has 4 nitrogen and oxygen atoms in total. The highest BCUT2D eigenvalue weighted by atomic mass is 19.4. The molecule has 0 aliphatic rings. The fraction of sp³-hybridized carbons (Fsp3) is 0.400. The van der Waals surface area contributed by atoms with Gasteiger partial charge in [0.05, 0.1) is 13.2 Å². The van der Waals surface area contributed by atoms with Crippen LogP contribution in [-0.2, 0) is 24.6 Å². The Hall–Kier alpha value is -5.18. The molecule has 0 amide bonds. The first-order chi connectivity index (χ1) is 28.7. The van der Waals surface area contributed by atoms with Gasteiger partial charge in [-0.25, -0.2) is 35.1 Å². The molecule has 0 heterocycles. The van der Waals surface area contributed by atoms with Gasteiger partial charge in [0.2, 0.25) is 0 Å². The van der Waals surface area contributed by atoms with Gasteiger partial charge in [-0.05, 0) is 18.8 Å². The van der Waals surface area contributed by atoms with E-state index < -0.39 is 116 Å². The van der Waals surface area contributed by atoms with Gasteiger partial charge in [-0.1, -0.05) is 45.4 Å². The van der Waals surface area contributed by atoms with Crippen molar-refractivity contribution >= 4 is 0 Å². The lowest BCUT2D eigenvalue weighted by Gasteiger charge is -2.20. The third-order valence-corrected chi connectivity index (χ3v) is 8.92. The number of ether oxygens (including phenoxy) is 4. The normalized spacial score (nSPS) is 12.6. The molecule has 0 radical (unpaired) electrons. The Morgan fingerprint density at radius 3 is 0.903 bits per heavy atom. The number of halogens is 18. The average molecular weight is 919 g/mol. The van der Waals surface area contributed by atoms with Crippen molar-refractivity contribution in [3.05, 3.63) is 117 Å². The van der Waals surface area contributed by atoms with Gasteiger partial charge >= 0.3 is 24.6 Å². The number of hydrogen-bond acceptors (Lipinski definition) is 4. The Morgan fingerprint density at radius 2 is 0.629 bits per heavy atom. The van der Waals surface area contributed by atoms with Crippen molar-refractivity contribution in [2.45, 2.75) is 82.9 Å². The summed E-state index contributed by atoms with van der Waals surface area (Å²) >= 11 is 0. The number of hydrogen-bond donors (Lipinski definition) is 0. The minimum atomic E-state index is -5.51. The maximum Gasteiger partial charge on any atom is 0.432 e. The van der Waals surface area contributed by atoms with Crippen molar-refractivity contribution in [2.75, 3.05) is 13.2 Å². The quantitative estimate of drug-likeness (QED) is 0.0654. The lowest BCUT2D eigenvalue weighted by Crippen LogP contribution is -2.25. The summed E-state index contributed by atoms with van der Waals surface area (Å²) in [7, 11) is 0. The van der Waals surface area contributed by atoms with Crippen molar-refractivity contribution in [2.24, 2.45) is 5.92 Å². The molecule has 0 saturated carbocycles. The van der Waals surface area contributed by atoms with Gasteiger partial charge in [-0.3, -0.25) is 0 Å². The third-order valence-electron chi connectivity index (χ3n) is 8.92. The highest BCUT2D eigenvalue weighted by Gasteiger charge is 2.45. The molecule has 0 unspecified atom stereocenters. The maximum atomic E-state index is 14.6. The summed E-state index contributed by atoms with van der Waals surface area (Å²) in [5.74, 6) is -20.4. The van der Waals surface area contributed by atoms with E-state index in [0.717, 1.165) is 12.8 Å². The zero-order valence-corrected chi connectivity index (χ0v) is 31.7. The first-order valence-electron chi connectivity index (χ1n) is 18.2. The molecule has 0 atom stereocenters. The maximum absolute atomic E-state index is 14.6. The van der Waals surface area contributed by atoms with Crippen LogP contribution >= 0.6 is 0 Å². The zero-order chi connectivity index (χ0) is 46.4. The lowest BCUT2D eigenvalue weighted by atomic mass is 9.97. The molecule has 0 aromatic heterocycles. The number of alkyl halides is 10. The molecule has 4 aromatic carbocycles. The molecule has 342 valence electrons. The van der Waals surface area contributed by atoms with Crippen LogP contribution in [0.25, 0.3) is 0 Å². The first-order valence-corrected chi connectivity index (χ1v) is 18.2. The second kappa shape index (κ2) is 19.9. The van der Waals surface area contributed by atoms with E-state index in [1.165, 1.54) is 0 Å². The molecule has 4 aromatic rings. The Balaban J connectivity index is 1.14. The smallest absolute Gasteiger partial charge is 0.432 e.